The summed E-state index contributed by atoms with van der Waals surface area (Å²) in [5.41, 5.74) is 8.15. The van der Waals surface area contributed by atoms with Crippen LogP contribution in [-0.2, 0) is 6.54 Å². The minimum absolute atomic E-state index is 0.133. The maximum Gasteiger partial charge on any atom is 0.261 e. The van der Waals surface area contributed by atoms with Gasteiger partial charge in [0.2, 0.25) is 5.95 Å². The number of hydrogen-bond donors (Lipinski definition) is 2. The van der Waals surface area contributed by atoms with E-state index < -0.39 is 0 Å². The highest BCUT2D eigenvalue weighted by Crippen LogP contribution is 2.26. The molecular formula is C15H11ClN6OS2. The summed E-state index contributed by atoms with van der Waals surface area (Å²) in [6.45, 7) is 0.403. The first-order valence-electron chi connectivity index (χ1n) is 7.18. The summed E-state index contributed by atoms with van der Waals surface area (Å²) >= 11 is 8.51. The summed E-state index contributed by atoms with van der Waals surface area (Å²) in [5.74, 6) is 0.0950. The number of nitrogens with one attached hydrogen (secondary N) is 1. The third-order valence-electron chi connectivity index (χ3n) is 3.45. The Morgan fingerprint density at radius 1 is 1.36 bits per heavy atom. The zero-order valence-corrected chi connectivity index (χ0v) is 15.0. The van der Waals surface area contributed by atoms with Crippen LogP contribution in [0.3, 0.4) is 0 Å². The van der Waals surface area contributed by atoms with Gasteiger partial charge in [-0.2, -0.15) is 4.98 Å². The third-order valence-corrected chi connectivity index (χ3v) is 5.50. The van der Waals surface area contributed by atoms with Crippen LogP contribution in [0.4, 0.5) is 5.95 Å². The lowest BCUT2D eigenvalue weighted by molar-refractivity contribution is 0.0955. The van der Waals surface area contributed by atoms with Gasteiger partial charge in [-0.3, -0.25) is 4.79 Å². The molecule has 1 amide bonds. The lowest BCUT2D eigenvalue weighted by Crippen LogP contribution is -2.21. The fraction of sp³-hybridized carbons (Fsp3) is 0.0667. The van der Waals surface area contributed by atoms with E-state index in [1.807, 2.05) is 29.8 Å². The van der Waals surface area contributed by atoms with Crippen molar-refractivity contribution < 1.29 is 4.79 Å². The second kappa shape index (κ2) is 6.43. The van der Waals surface area contributed by atoms with E-state index in [4.69, 9.17) is 17.3 Å². The maximum absolute atomic E-state index is 12.3. The van der Waals surface area contributed by atoms with Crippen molar-refractivity contribution in [3.8, 4) is 11.1 Å². The second-order valence-electron chi connectivity index (χ2n) is 5.15. The van der Waals surface area contributed by atoms with Gasteiger partial charge in [0.1, 0.15) is 0 Å². The largest absolute Gasteiger partial charge is 0.366 e. The van der Waals surface area contributed by atoms with Crippen LogP contribution in [0.15, 0.2) is 36.0 Å². The summed E-state index contributed by atoms with van der Waals surface area (Å²) in [6.07, 6.45) is 3.49. The molecule has 0 unspecified atom stereocenters. The molecule has 4 rings (SSSR count). The maximum atomic E-state index is 12.3. The Balaban J connectivity index is 1.51. The molecule has 25 heavy (non-hydrogen) atoms. The smallest absolute Gasteiger partial charge is 0.261 e. The van der Waals surface area contributed by atoms with Crippen LogP contribution < -0.4 is 11.1 Å². The number of anilines is 1. The Morgan fingerprint density at radius 3 is 3.04 bits per heavy atom. The topological polar surface area (TPSA) is 98.2 Å². The number of pyridine rings is 1. The molecular weight excluding hydrogens is 380 g/mol. The Labute approximate surface area is 155 Å². The zero-order chi connectivity index (χ0) is 17.4. The minimum Gasteiger partial charge on any atom is -0.366 e. The first-order valence-corrected chi connectivity index (χ1v) is 9.25. The predicted molar refractivity (Wildman–Crippen MR) is 99.0 cm³/mol. The molecule has 0 atom stereocenters. The quantitative estimate of drug-likeness (QED) is 0.558. The average Bonchev–Trinajstić information content (AvgIpc) is 3.30. The molecule has 0 radical (unpaired) electrons. The molecule has 4 heterocycles. The normalized spacial score (nSPS) is 11.1. The van der Waals surface area contributed by atoms with Gasteiger partial charge in [-0.15, -0.1) is 27.8 Å². The summed E-state index contributed by atoms with van der Waals surface area (Å²) < 4.78 is 2.09. The number of halogens is 1. The van der Waals surface area contributed by atoms with Crippen molar-refractivity contribution in [1.82, 2.24) is 24.9 Å². The highest BCUT2D eigenvalue weighted by atomic mass is 35.5. The molecule has 3 N–H and O–H groups in total. The Kier molecular flexibility index (Phi) is 4.12. The van der Waals surface area contributed by atoms with Crippen LogP contribution in [0.5, 0.6) is 0 Å². The van der Waals surface area contributed by atoms with Crippen LogP contribution in [0.1, 0.15) is 14.5 Å². The van der Waals surface area contributed by atoms with Gasteiger partial charge in [0.25, 0.3) is 5.91 Å². The highest BCUT2D eigenvalue weighted by molar-refractivity contribution is 7.15. The number of nitrogen functional groups attached to an aromatic ring is 1. The molecule has 4 aromatic rings. The van der Waals surface area contributed by atoms with Crippen molar-refractivity contribution >= 4 is 51.8 Å². The first-order chi connectivity index (χ1) is 12.1. The minimum atomic E-state index is -0.133. The molecule has 0 aromatic carbocycles. The van der Waals surface area contributed by atoms with Gasteiger partial charge >= 0.3 is 0 Å². The van der Waals surface area contributed by atoms with Crippen molar-refractivity contribution in [3.05, 3.63) is 50.2 Å². The summed E-state index contributed by atoms with van der Waals surface area (Å²) in [6, 6.07) is 5.61. The highest BCUT2D eigenvalue weighted by Gasteiger charge is 2.12. The second-order valence-corrected chi connectivity index (χ2v) is 7.76. The van der Waals surface area contributed by atoms with Gasteiger partial charge < -0.3 is 11.1 Å². The van der Waals surface area contributed by atoms with Crippen molar-refractivity contribution in [3.63, 3.8) is 0 Å². The number of carbonyl (C=O) groups excluding carboxylic acids is 1. The van der Waals surface area contributed by atoms with Gasteiger partial charge in [0, 0.05) is 22.8 Å². The first kappa shape index (κ1) is 16.0. The van der Waals surface area contributed by atoms with Gasteiger partial charge in [0.15, 0.2) is 10.1 Å². The number of amides is 1. The zero-order valence-electron chi connectivity index (χ0n) is 12.6. The molecule has 0 fully saturated rings. The molecule has 0 aliphatic carbocycles. The van der Waals surface area contributed by atoms with Crippen LogP contribution in [0.2, 0.25) is 4.47 Å². The molecule has 10 heteroatoms. The average molecular weight is 391 g/mol. The van der Waals surface area contributed by atoms with Crippen molar-refractivity contribution in [1.29, 1.82) is 0 Å². The molecule has 4 aromatic heterocycles. The van der Waals surface area contributed by atoms with Gasteiger partial charge in [-0.25, -0.2) is 9.50 Å². The van der Waals surface area contributed by atoms with E-state index in [-0.39, 0.29) is 11.9 Å². The fourth-order valence-electron chi connectivity index (χ4n) is 2.30. The van der Waals surface area contributed by atoms with E-state index in [1.165, 1.54) is 22.7 Å². The van der Waals surface area contributed by atoms with Crippen LogP contribution in [-0.4, -0.2) is 25.5 Å². The lowest BCUT2D eigenvalue weighted by Gasteiger charge is -2.00. The molecule has 0 saturated carbocycles. The number of carbonyl (C=O) groups is 1. The van der Waals surface area contributed by atoms with E-state index >= 15 is 0 Å². The summed E-state index contributed by atoms with van der Waals surface area (Å²) in [5, 5.41) is 8.89. The molecule has 0 aliphatic heterocycles. The number of rotatable bonds is 4. The number of aromatic nitrogens is 4. The number of thiazole rings is 1. The van der Waals surface area contributed by atoms with Crippen LogP contribution in [0.25, 0.3) is 16.8 Å². The Bertz CT molecular complexity index is 1070. The van der Waals surface area contributed by atoms with Gasteiger partial charge in [-0.1, -0.05) is 11.6 Å². The SMILES string of the molecule is Nc1nc2ccc(-c3csc(C(=O)NCc4cnc(Cl)s4)c3)cn2n1. The standard InChI is InChI=1S/C15H11ClN6OS2/c16-14-19-5-10(25-14)4-18-13(23)11-3-9(7-24-11)8-1-2-12-20-15(17)21-22(12)6-8/h1-3,5-7H,4H2,(H2,17,21)(H,18,23). The van der Waals surface area contributed by atoms with E-state index in [0.29, 0.717) is 21.5 Å². The number of fused-ring (bicyclic) bond motifs is 1. The van der Waals surface area contributed by atoms with Crippen molar-refractivity contribution in [2.24, 2.45) is 0 Å². The summed E-state index contributed by atoms with van der Waals surface area (Å²) in [4.78, 5) is 21.9. The van der Waals surface area contributed by atoms with Crippen molar-refractivity contribution in [2.75, 3.05) is 5.73 Å². The lowest BCUT2D eigenvalue weighted by atomic mass is 10.1. The molecule has 0 aliphatic rings. The number of thiophene rings is 1. The van der Waals surface area contributed by atoms with E-state index in [1.54, 1.807) is 10.7 Å². The number of hydrogen-bond acceptors (Lipinski definition) is 7. The van der Waals surface area contributed by atoms with Gasteiger partial charge in [-0.05, 0) is 29.1 Å². The molecule has 0 saturated heterocycles. The molecule has 0 spiro atoms. The molecule has 0 bridgehead atoms. The van der Waals surface area contributed by atoms with E-state index in [2.05, 4.69) is 20.4 Å². The fourth-order valence-corrected chi connectivity index (χ4v) is 4.05. The monoisotopic (exact) mass is 390 g/mol. The van der Waals surface area contributed by atoms with Crippen LogP contribution in [0, 0.1) is 0 Å². The van der Waals surface area contributed by atoms with E-state index in [0.717, 1.165) is 16.0 Å². The number of nitrogens with two attached hydrogens (primary N) is 1. The summed E-state index contributed by atoms with van der Waals surface area (Å²) in [7, 11) is 0. The van der Waals surface area contributed by atoms with Crippen LogP contribution >= 0.6 is 34.3 Å². The van der Waals surface area contributed by atoms with Crippen molar-refractivity contribution in [2.45, 2.75) is 6.54 Å². The molecule has 126 valence electrons. The Morgan fingerprint density at radius 2 is 2.24 bits per heavy atom. The number of nitrogens with zero attached hydrogens (tertiary/aromatic N) is 4. The van der Waals surface area contributed by atoms with Gasteiger partial charge in [0.05, 0.1) is 11.4 Å². The Hall–Kier alpha value is -2.49. The van der Waals surface area contributed by atoms with E-state index in [9.17, 15) is 4.79 Å². The third kappa shape index (κ3) is 3.34. The predicted octanol–water partition coefficient (Wildman–Crippen LogP) is 3.08. The molecule has 7 nitrogen and oxygen atoms in total.